The Morgan fingerprint density at radius 2 is 1.77 bits per heavy atom. The van der Waals surface area contributed by atoms with Crippen molar-refractivity contribution in [3.8, 4) is 0 Å². The Hall–Kier alpha value is -1.39. The highest BCUT2D eigenvalue weighted by Gasteiger charge is 2.32. The second kappa shape index (κ2) is 11.5. The molecule has 3 atom stereocenters. The lowest BCUT2D eigenvalue weighted by atomic mass is 9.95. The molecule has 4 N–H and O–H groups in total. The molecule has 0 radical (unpaired) electrons. The zero-order valence-electron chi connectivity index (χ0n) is 17.6. The number of urea groups is 1. The third-order valence-corrected chi connectivity index (χ3v) is 7.66. The normalized spacial score (nSPS) is 25.2. The molecule has 1 heterocycles. The van der Waals surface area contributed by atoms with E-state index in [-0.39, 0.29) is 42.3 Å². The molecule has 174 valence electrons. The van der Waals surface area contributed by atoms with Crippen LogP contribution in [0.4, 0.5) is 4.79 Å². The van der Waals surface area contributed by atoms with Gasteiger partial charge in [-0.25, -0.2) is 17.9 Å². The molecule has 0 aromatic heterocycles. The highest BCUT2D eigenvalue weighted by molar-refractivity contribution is 7.89. The first-order chi connectivity index (χ1) is 14.9. The van der Waals surface area contributed by atoms with Crippen LogP contribution < -0.4 is 15.4 Å². The molecule has 1 saturated heterocycles. The van der Waals surface area contributed by atoms with Crippen LogP contribution in [-0.2, 0) is 14.8 Å². The number of aliphatic hydroxyl groups is 1. The largest absolute Gasteiger partial charge is 0.394 e. The molecule has 31 heavy (non-hydrogen) atoms. The third kappa shape index (κ3) is 7.32. The molecule has 2 aliphatic rings. The van der Waals surface area contributed by atoms with Crippen molar-refractivity contribution in [2.75, 3.05) is 13.2 Å². The number of hydrogen-bond acceptors (Lipinski definition) is 5. The van der Waals surface area contributed by atoms with E-state index in [9.17, 15) is 18.3 Å². The first-order valence-electron chi connectivity index (χ1n) is 11.0. The van der Waals surface area contributed by atoms with E-state index in [1.807, 2.05) is 0 Å². The molecule has 8 nitrogen and oxygen atoms in total. The van der Waals surface area contributed by atoms with Crippen molar-refractivity contribution in [2.45, 2.75) is 80.6 Å². The summed E-state index contributed by atoms with van der Waals surface area (Å²) >= 11 is 5.80. The Bertz CT molecular complexity index is 815. The molecule has 1 aromatic rings. The number of nitrogens with one attached hydrogen (secondary N) is 3. The number of benzene rings is 1. The predicted molar refractivity (Wildman–Crippen MR) is 119 cm³/mol. The van der Waals surface area contributed by atoms with Crippen molar-refractivity contribution in [1.82, 2.24) is 15.4 Å². The SMILES string of the molecule is O=C(NC1CCCCC1)N[C@@H]1CC[C@@H](CCNS(=O)(=O)c2ccc(Cl)cc2)O[C@H]1CO. The maximum atomic E-state index is 12.4. The van der Waals surface area contributed by atoms with Gasteiger partial charge in [0.1, 0.15) is 6.10 Å². The fourth-order valence-electron chi connectivity index (χ4n) is 4.20. The molecular formula is C21H32ClN3O5S. The summed E-state index contributed by atoms with van der Waals surface area (Å²) in [5.41, 5.74) is 0. The lowest BCUT2D eigenvalue weighted by Gasteiger charge is -2.36. The standard InChI is InChI=1S/C21H32ClN3O5S/c22-15-6-9-18(10-7-15)31(28,29)23-13-12-17-8-11-19(20(14-26)30-17)25-21(27)24-16-4-2-1-3-5-16/h6-7,9-10,16-17,19-20,23,26H,1-5,8,11-14H2,(H2,24,25,27)/t17-,19+,20-/m0/s1. The van der Waals surface area contributed by atoms with Gasteiger partial charge >= 0.3 is 6.03 Å². The number of ether oxygens (including phenoxy) is 1. The van der Waals surface area contributed by atoms with Gasteiger partial charge in [0.15, 0.2) is 0 Å². The maximum Gasteiger partial charge on any atom is 0.315 e. The first-order valence-corrected chi connectivity index (χ1v) is 12.8. The Morgan fingerprint density at radius 3 is 2.45 bits per heavy atom. The summed E-state index contributed by atoms with van der Waals surface area (Å²) in [7, 11) is -3.62. The van der Waals surface area contributed by atoms with Crippen LogP contribution in [0.3, 0.4) is 0 Å². The van der Waals surface area contributed by atoms with Gasteiger partial charge in [0.25, 0.3) is 0 Å². The van der Waals surface area contributed by atoms with Crippen LogP contribution in [0.15, 0.2) is 29.2 Å². The number of amides is 2. The molecule has 2 fully saturated rings. The summed E-state index contributed by atoms with van der Waals surface area (Å²) < 4.78 is 33.2. The minimum absolute atomic E-state index is 0.155. The van der Waals surface area contributed by atoms with E-state index < -0.39 is 16.1 Å². The van der Waals surface area contributed by atoms with Gasteiger partial charge < -0.3 is 20.5 Å². The predicted octanol–water partition coefficient (Wildman–Crippen LogP) is 2.55. The van der Waals surface area contributed by atoms with Gasteiger partial charge in [0.05, 0.1) is 23.6 Å². The van der Waals surface area contributed by atoms with Crippen LogP contribution >= 0.6 is 11.6 Å². The first kappa shape index (κ1) is 24.3. The van der Waals surface area contributed by atoms with E-state index in [4.69, 9.17) is 16.3 Å². The minimum atomic E-state index is -3.62. The molecule has 1 aliphatic carbocycles. The molecule has 1 saturated carbocycles. The Balaban J connectivity index is 1.42. The second-order valence-corrected chi connectivity index (χ2v) is 10.5. The summed E-state index contributed by atoms with van der Waals surface area (Å²) in [5.74, 6) is 0. The van der Waals surface area contributed by atoms with Gasteiger partial charge in [0, 0.05) is 17.6 Å². The molecule has 0 unspecified atom stereocenters. The molecule has 0 bridgehead atoms. The van der Waals surface area contributed by atoms with E-state index in [1.165, 1.54) is 30.7 Å². The van der Waals surface area contributed by atoms with Crippen molar-refractivity contribution in [3.63, 3.8) is 0 Å². The van der Waals surface area contributed by atoms with Crippen molar-refractivity contribution in [3.05, 3.63) is 29.3 Å². The quantitative estimate of drug-likeness (QED) is 0.463. The zero-order valence-corrected chi connectivity index (χ0v) is 19.1. The number of carbonyl (C=O) groups is 1. The number of halogens is 1. The summed E-state index contributed by atoms with van der Waals surface area (Å²) in [4.78, 5) is 12.5. The summed E-state index contributed by atoms with van der Waals surface area (Å²) in [6.07, 6.45) is 6.63. The highest BCUT2D eigenvalue weighted by Crippen LogP contribution is 2.22. The van der Waals surface area contributed by atoms with Gasteiger partial charge in [-0.15, -0.1) is 0 Å². The maximum absolute atomic E-state index is 12.4. The van der Waals surface area contributed by atoms with E-state index >= 15 is 0 Å². The van der Waals surface area contributed by atoms with Crippen LogP contribution in [0.2, 0.25) is 5.02 Å². The van der Waals surface area contributed by atoms with E-state index in [2.05, 4.69) is 15.4 Å². The third-order valence-electron chi connectivity index (χ3n) is 5.93. The zero-order chi connectivity index (χ0) is 22.3. The topological polar surface area (TPSA) is 117 Å². The number of hydrogen-bond donors (Lipinski definition) is 4. The fourth-order valence-corrected chi connectivity index (χ4v) is 5.38. The van der Waals surface area contributed by atoms with Gasteiger partial charge in [-0.05, 0) is 56.4 Å². The monoisotopic (exact) mass is 473 g/mol. The molecule has 1 aliphatic heterocycles. The number of sulfonamides is 1. The van der Waals surface area contributed by atoms with Gasteiger partial charge in [-0.2, -0.15) is 0 Å². The molecule has 1 aromatic carbocycles. The lowest BCUT2D eigenvalue weighted by Crippen LogP contribution is -2.55. The highest BCUT2D eigenvalue weighted by atomic mass is 35.5. The summed E-state index contributed by atoms with van der Waals surface area (Å²) in [6.45, 7) is 0.00934. The van der Waals surface area contributed by atoms with Crippen LogP contribution in [0.25, 0.3) is 0 Å². The van der Waals surface area contributed by atoms with Gasteiger partial charge in [0.2, 0.25) is 10.0 Å². The molecular weight excluding hydrogens is 442 g/mol. The molecule has 2 amide bonds. The van der Waals surface area contributed by atoms with Crippen molar-refractivity contribution < 1.29 is 23.1 Å². The number of rotatable bonds is 8. The van der Waals surface area contributed by atoms with Crippen molar-refractivity contribution in [2.24, 2.45) is 0 Å². The van der Waals surface area contributed by atoms with Crippen molar-refractivity contribution >= 4 is 27.7 Å². The average molecular weight is 474 g/mol. The Labute approximate surface area is 189 Å². The van der Waals surface area contributed by atoms with E-state index in [0.717, 1.165) is 25.7 Å². The van der Waals surface area contributed by atoms with Crippen LogP contribution in [0.1, 0.15) is 51.4 Å². The smallest absolute Gasteiger partial charge is 0.315 e. The van der Waals surface area contributed by atoms with Crippen LogP contribution in [-0.4, -0.2) is 57.0 Å². The minimum Gasteiger partial charge on any atom is -0.394 e. The summed E-state index contributed by atoms with van der Waals surface area (Å²) in [6, 6.07) is 5.71. The Kier molecular flexibility index (Phi) is 8.97. The second-order valence-electron chi connectivity index (χ2n) is 8.26. The van der Waals surface area contributed by atoms with Crippen molar-refractivity contribution in [1.29, 1.82) is 0 Å². The van der Waals surface area contributed by atoms with E-state index in [0.29, 0.717) is 24.3 Å². The van der Waals surface area contributed by atoms with Crippen LogP contribution in [0.5, 0.6) is 0 Å². The molecule has 10 heteroatoms. The molecule has 3 rings (SSSR count). The average Bonchev–Trinajstić information content (AvgIpc) is 2.75. The van der Waals surface area contributed by atoms with E-state index in [1.54, 1.807) is 0 Å². The van der Waals surface area contributed by atoms with Crippen LogP contribution in [0, 0.1) is 0 Å². The fraction of sp³-hybridized carbons (Fsp3) is 0.667. The number of aliphatic hydroxyl groups excluding tert-OH is 1. The Morgan fingerprint density at radius 1 is 1.06 bits per heavy atom. The lowest BCUT2D eigenvalue weighted by molar-refractivity contribution is -0.0887. The molecule has 0 spiro atoms. The van der Waals surface area contributed by atoms with Gasteiger partial charge in [-0.3, -0.25) is 0 Å². The number of carbonyl (C=O) groups excluding carboxylic acids is 1. The summed E-state index contributed by atoms with van der Waals surface area (Å²) in [5, 5.41) is 16.1. The van der Waals surface area contributed by atoms with Gasteiger partial charge in [-0.1, -0.05) is 30.9 Å².